The summed E-state index contributed by atoms with van der Waals surface area (Å²) in [6.07, 6.45) is 11.7. The molecular formula is C19H21FN4O. The van der Waals surface area contributed by atoms with E-state index in [4.69, 9.17) is 10.1 Å². The third kappa shape index (κ3) is 3.08. The van der Waals surface area contributed by atoms with Gasteiger partial charge in [0.25, 0.3) is 0 Å². The Morgan fingerprint density at radius 2 is 2.16 bits per heavy atom. The van der Waals surface area contributed by atoms with Crippen molar-refractivity contribution in [2.24, 2.45) is 10.9 Å². The molecule has 0 saturated heterocycles. The van der Waals surface area contributed by atoms with Crippen LogP contribution in [0.5, 0.6) is 5.75 Å². The Hall–Kier alpha value is -2.50. The van der Waals surface area contributed by atoms with Gasteiger partial charge in [-0.1, -0.05) is 13.0 Å². The average molecular weight is 340 g/mol. The van der Waals surface area contributed by atoms with Gasteiger partial charge in [-0.2, -0.15) is 0 Å². The number of allylic oxidation sites excluding steroid dienone is 1. The van der Waals surface area contributed by atoms with E-state index in [2.05, 4.69) is 21.9 Å². The number of nitrogens with one attached hydrogen (secondary N) is 2. The number of halogens is 1. The van der Waals surface area contributed by atoms with Crippen LogP contribution in [0.15, 0.2) is 29.7 Å². The van der Waals surface area contributed by atoms with E-state index in [-0.39, 0.29) is 29.0 Å². The van der Waals surface area contributed by atoms with Gasteiger partial charge in [-0.15, -0.1) is 0 Å². The number of hydrogen-bond acceptors (Lipinski definition) is 5. The van der Waals surface area contributed by atoms with E-state index in [1.54, 1.807) is 12.5 Å². The third-order valence-electron chi connectivity index (χ3n) is 5.14. The number of ether oxygens (including phenoxy) is 1. The van der Waals surface area contributed by atoms with Gasteiger partial charge in [-0.05, 0) is 37.5 Å². The number of pyridine rings is 1. The Kier molecular flexibility index (Phi) is 4.11. The lowest BCUT2D eigenvalue weighted by Gasteiger charge is -2.28. The highest BCUT2D eigenvalue weighted by Gasteiger charge is 2.32. The van der Waals surface area contributed by atoms with Gasteiger partial charge >= 0.3 is 0 Å². The third-order valence-corrected chi connectivity index (χ3v) is 5.14. The van der Waals surface area contributed by atoms with Crippen LogP contribution in [0.2, 0.25) is 0 Å². The predicted molar refractivity (Wildman–Crippen MR) is 95.5 cm³/mol. The van der Waals surface area contributed by atoms with E-state index in [9.17, 15) is 0 Å². The van der Waals surface area contributed by atoms with Crippen LogP contribution in [0.1, 0.15) is 49.3 Å². The lowest BCUT2D eigenvalue weighted by atomic mass is 9.80. The first kappa shape index (κ1) is 16.0. The summed E-state index contributed by atoms with van der Waals surface area (Å²) in [5.41, 5.74) is 1.06. The second kappa shape index (κ2) is 6.43. The number of rotatable bonds is 6. The molecule has 130 valence electrons. The van der Waals surface area contributed by atoms with Crippen LogP contribution in [-0.2, 0) is 0 Å². The fraction of sp³-hybridized carbons (Fsp3) is 0.421. The molecule has 1 aliphatic heterocycles. The molecule has 3 aliphatic rings. The van der Waals surface area contributed by atoms with Crippen molar-refractivity contribution < 1.29 is 9.13 Å². The maximum absolute atomic E-state index is 15.1. The molecular weight excluding hydrogens is 319 g/mol. The summed E-state index contributed by atoms with van der Waals surface area (Å²) in [5.74, 6) is 0.901. The highest BCUT2D eigenvalue weighted by atomic mass is 19.1. The summed E-state index contributed by atoms with van der Waals surface area (Å²) >= 11 is 0. The van der Waals surface area contributed by atoms with Gasteiger partial charge in [0.1, 0.15) is 5.69 Å². The SMILES string of the molecule is C=C(C=N)c1ncc(C2CCC2)c(OC2=CC(C3CC3)NC=N2)c1F. The molecule has 2 saturated carbocycles. The first-order chi connectivity index (χ1) is 12.2. The summed E-state index contributed by atoms with van der Waals surface area (Å²) in [6, 6.07) is 0.195. The van der Waals surface area contributed by atoms with E-state index in [1.165, 1.54) is 12.8 Å². The van der Waals surface area contributed by atoms with Crippen molar-refractivity contribution in [1.82, 2.24) is 10.3 Å². The zero-order valence-electron chi connectivity index (χ0n) is 14.0. The van der Waals surface area contributed by atoms with Crippen molar-refractivity contribution in [3.63, 3.8) is 0 Å². The van der Waals surface area contributed by atoms with Crippen LogP contribution < -0.4 is 10.1 Å². The lowest BCUT2D eigenvalue weighted by Crippen LogP contribution is -2.31. The predicted octanol–water partition coefficient (Wildman–Crippen LogP) is 3.78. The zero-order valence-corrected chi connectivity index (χ0v) is 14.0. The largest absolute Gasteiger partial charge is 0.436 e. The summed E-state index contributed by atoms with van der Waals surface area (Å²) in [7, 11) is 0. The summed E-state index contributed by atoms with van der Waals surface area (Å²) in [4.78, 5) is 8.40. The number of aromatic nitrogens is 1. The van der Waals surface area contributed by atoms with Crippen LogP contribution >= 0.6 is 0 Å². The Labute approximate surface area is 146 Å². The number of hydrogen-bond donors (Lipinski definition) is 2. The normalized spacial score (nSPS) is 22.6. The first-order valence-electron chi connectivity index (χ1n) is 8.73. The summed E-state index contributed by atoms with van der Waals surface area (Å²) in [5, 5.41) is 10.5. The summed E-state index contributed by atoms with van der Waals surface area (Å²) < 4.78 is 21.0. The van der Waals surface area contributed by atoms with Crippen LogP contribution in [0.3, 0.4) is 0 Å². The van der Waals surface area contributed by atoms with Crippen LogP contribution in [0, 0.1) is 17.1 Å². The maximum atomic E-state index is 15.1. The molecule has 0 bridgehead atoms. The molecule has 5 nitrogen and oxygen atoms in total. The molecule has 2 N–H and O–H groups in total. The average Bonchev–Trinajstić information content (AvgIpc) is 3.41. The van der Waals surface area contributed by atoms with Gasteiger partial charge in [0, 0.05) is 29.6 Å². The van der Waals surface area contributed by atoms with E-state index < -0.39 is 5.82 Å². The molecule has 0 spiro atoms. The van der Waals surface area contributed by atoms with Crippen LogP contribution in [-0.4, -0.2) is 23.6 Å². The minimum absolute atomic E-state index is 0.0605. The van der Waals surface area contributed by atoms with Gasteiger partial charge < -0.3 is 15.5 Å². The molecule has 1 aromatic rings. The van der Waals surface area contributed by atoms with Crippen molar-refractivity contribution in [2.75, 3.05) is 0 Å². The van der Waals surface area contributed by atoms with Crippen molar-refractivity contribution in [3.05, 3.63) is 41.8 Å². The van der Waals surface area contributed by atoms with E-state index in [0.717, 1.165) is 31.0 Å². The second-order valence-electron chi connectivity index (χ2n) is 6.90. The van der Waals surface area contributed by atoms with Crippen molar-refractivity contribution in [1.29, 1.82) is 5.41 Å². The highest BCUT2D eigenvalue weighted by Crippen LogP contribution is 2.43. The molecule has 1 unspecified atom stereocenters. The molecule has 0 amide bonds. The molecule has 2 fully saturated rings. The van der Waals surface area contributed by atoms with E-state index in [0.29, 0.717) is 11.8 Å². The summed E-state index contributed by atoms with van der Waals surface area (Å²) in [6.45, 7) is 3.69. The Bertz CT molecular complexity index is 778. The lowest BCUT2D eigenvalue weighted by molar-refractivity contribution is 0.352. The van der Waals surface area contributed by atoms with Gasteiger partial charge in [-0.3, -0.25) is 4.98 Å². The van der Waals surface area contributed by atoms with Crippen molar-refractivity contribution in [2.45, 2.75) is 44.1 Å². The standard InChI is InChI=1S/C19H21FN4O/c1-11(8-21)18-17(20)19(14(9-22-18)12-3-2-4-12)25-16-7-15(13-5-6-13)23-10-24-16/h7-10,12-13,15,21H,1-6H2,(H,23,24). The van der Waals surface area contributed by atoms with Crippen LogP contribution in [0.25, 0.3) is 5.57 Å². The quantitative estimate of drug-likeness (QED) is 0.774. The molecule has 2 aliphatic carbocycles. The molecule has 1 atom stereocenters. The van der Waals surface area contributed by atoms with E-state index in [1.807, 2.05) is 6.08 Å². The molecule has 4 rings (SSSR count). The molecule has 0 aromatic carbocycles. The van der Waals surface area contributed by atoms with Crippen LogP contribution in [0.4, 0.5) is 4.39 Å². The molecule has 6 heteroatoms. The Morgan fingerprint density at radius 3 is 2.80 bits per heavy atom. The highest BCUT2D eigenvalue weighted by molar-refractivity contribution is 6.06. The first-order valence-corrected chi connectivity index (χ1v) is 8.73. The van der Waals surface area contributed by atoms with E-state index >= 15 is 4.39 Å². The van der Waals surface area contributed by atoms with Gasteiger partial charge in [-0.25, -0.2) is 9.38 Å². The smallest absolute Gasteiger partial charge is 0.218 e. The fourth-order valence-electron chi connectivity index (χ4n) is 3.21. The van der Waals surface area contributed by atoms with Gasteiger partial charge in [0.05, 0.1) is 12.4 Å². The maximum Gasteiger partial charge on any atom is 0.218 e. The minimum Gasteiger partial charge on any atom is -0.436 e. The van der Waals surface area contributed by atoms with Crippen molar-refractivity contribution >= 4 is 18.1 Å². The topological polar surface area (TPSA) is 70.4 Å². The monoisotopic (exact) mass is 340 g/mol. The second-order valence-corrected chi connectivity index (χ2v) is 6.90. The number of aliphatic imine (C=N–C) groups is 1. The molecule has 25 heavy (non-hydrogen) atoms. The van der Waals surface area contributed by atoms with Gasteiger partial charge in [0.15, 0.2) is 11.6 Å². The minimum atomic E-state index is -0.560. The zero-order chi connectivity index (χ0) is 17.4. The molecule has 0 radical (unpaired) electrons. The fourth-order valence-corrected chi connectivity index (χ4v) is 3.21. The molecule has 1 aromatic heterocycles. The van der Waals surface area contributed by atoms with Gasteiger partial charge in [0.2, 0.25) is 5.88 Å². The molecule has 2 heterocycles. The Morgan fingerprint density at radius 1 is 1.36 bits per heavy atom. The van der Waals surface area contributed by atoms with Crippen molar-refractivity contribution in [3.8, 4) is 5.75 Å². The number of nitrogens with zero attached hydrogens (tertiary/aromatic N) is 2. The Balaban J connectivity index is 1.69.